The highest BCUT2D eigenvalue weighted by atomic mass is 32.1. The molecule has 0 spiro atoms. The Morgan fingerprint density at radius 3 is 0.964 bits per heavy atom. The summed E-state index contributed by atoms with van der Waals surface area (Å²) in [5.74, 6) is -1.06. The molecule has 300 valence electrons. The van der Waals surface area contributed by atoms with E-state index in [0.29, 0.717) is 25.7 Å². The van der Waals surface area contributed by atoms with Crippen LogP contribution in [0.5, 0.6) is 0 Å². The third kappa shape index (κ3) is 8.91. The number of fused-ring (bicyclic) bond motifs is 3. The van der Waals surface area contributed by atoms with Crippen LogP contribution in [0.25, 0.3) is 30.3 Å². The molecule has 56 heavy (non-hydrogen) atoms. The van der Waals surface area contributed by atoms with Gasteiger partial charge >= 0.3 is 23.9 Å². The molecule has 0 saturated carbocycles. The van der Waals surface area contributed by atoms with Crippen LogP contribution in [0.3, 0.4) is 0 Å². The average molecular weight is 801 g/mol. The maximum atomic E-state index is 13.1. The van der Waals surface area contributed by atoms with Crippen LogP contribution in [0.4, 0.5) is 0 Å². The fourth-order valence-electron chi connectivity index (χ4n) is 6.66. The molecule has 0 amide bonds. The molecule has 2 aliphatic rings. The lowest BCUT2D eigenvalue weighted by atomic mass is 9.85. The molecule has 2 heterocycles. The first-order valence-electron chi connectivity index (χ1n) is 19.6. The van der Waals surface area contributed by atoms with Crippen molar-refractivity contribution in [3.63, 3.8) is 0 Å². The second kappa shape index (κ2) is 15.1. The van der Waals surface area contributed by atoms with Gasteiger partial charge < -0.3 is 18.9 Å². The van der Waals surface area contributed by atoms with E-state index in [1.807, 2.05) is 95.2 Å². The van der Waals surface area contributed by atoms with E-state index >= 15 is 0 Å². The second-order valence-corrected chi connectivity index (χ2v) is 21.5. The summed E-state index contributed by atoms with van der Waals surface area (Å²) in [6.45, 7) is 22.2. The average Bonchev–Trinajstić information content (AvgIpc) is 3.68. The Labute approximate surface area is 339 Å². The number of carbonyl (C=O) groups excluding carboxylic acids is 4. The van der Waals surface area contributed by atoms with Gasteiger partial charge in [0, 0.05) is 19.2 Å². The molecule has 6 rings (SSSR count). The molecule has 10 heteroatoms. The number of carbonyl (C=O) groups is 4. The zero-order chi connectivity index (χ0) is 41.1. The highest BCUT2D eigenvalue weighted by Gasteiger charge is 2.38. The maximum absolute atomic E-state index is 13.1. The quantitative estimate of drug-likeness (QED) is 0.140. The van der Waals surface area contributed by atoms with Crippen LogP contribution in [-0.4, -0.2) is 23.9 Å². The Bertz CT molecular complexity index is 1980. The van der Waals surface area contributed by atoms with E-state index in [1.54, 1.807) is 22.7 Å². The Morgan fingerprint density at radius 1 is 0.429 bits per heavy atom. The molecule has 0 bridgehead atoms. The molecule has 4 atom stereocenters. The van der Waals surface area contributed by atoms with E-state index in [0.717, 1.165) is 52.5 Å². The first kappa shape index (κ1) is 41.6. The van der Waals surface area contributed by atoms with Crippen molar-refractivity contribution in [1.29, 1.82) is 0 Å². The maximum Gasteiger partial charge on any atom is 0.311 e. The number of ether oxygens (including phenoxy) is 4. The van der Waals surface area contributed by atoms with Gasteiger partial charge in [-0.2, -0.15) is 0 Å². The van der Waals surface area contributed by atoms with E-state index in [4.69, 9.17) is 18.9 Å². The molecule has 2 aromatic carbocycles. The summed E-state index contributed by atoms with van der Waals surface area (Å²) in [7, 11) is 0. The predicted molar refractivity (Wildman–Crippen MR) is 222 cm³/mol. The van der Waals surface area contributed by atoms with Gasteiger partial charge in [0.1, 0.15) is 24.4 Å². The summed E-state index contributed by atoms with van der Waals surface area (Å²) in [6.07, 6.45) is 0.525. The molecule has 4 aromatic rings. The first-order valence-corrected chi connectivity index (χ1v) is 21.2. The minimum absolute atomic E-state index is 0.263. The minimum atomic E-state index is -0.653. The lowest BCUT2D eigenvalue weighted by molar-refractivity contribution is -0.165. The number of hydrogen-bond donors (Lipinski definition) is 0. The van der Waals surface area contributed by atoms with Gasteiger partial charge in [-0.15, -0.1) is 22.7 Å². The standard InChI is InChI=1S/C46H56O8S2/c1-43(2,3)39(47)51-31-17-19-33(53-41(49)45(7,8)9)29-21-25(13-15-27(29)31)35-23-37-38(55-35)24-36(56-37)26-14-16-28-30(22-26)34(54-42(50)46(10,11)12)20-18-32(28)52-40(48)44(4,5)6/h13-16,21-24,31-34H,17-20H2,1-12H3. The van der Waals surface area contributed by atoms with Gasteiger partial charge in [0.05, 0.1) is 21.7 Å². The monoisotopic (exact) mass is 800 g/mol. The van der Waals surface area contributed by atoms with Crippen molar-refractivity contribution in [3.8, 4) is 20.9 Å². The summed E-state index contributed by atoms with van der Waals surface area (Å²) < 4.78 is 26.5. The van der Waals surface area contributed by atoms with Gasteiger partial charge in [-0.05, 0) is 166 Å². The summed E-state index contributed by atoms with van der Waals surface area (Å²) in [6, 6.07) is 16.7. The van der Waals surface area contributed by atoms with Crippen LogP contribution in [0.2, 0.25) is 0 Å². The van der Waals surface area contributed by atoms with Crippen molar-refractivity contribution >= 4 is 56.0 Å². The molecule has 0 fully saturated rings. The zero-order valence-electron chi connectivity index (χ0n) is 34.8. The Morgan fingerprint density at radius 2 is 0.696 bits per heavy atom. The summed E-state index contributed by atoms with van der Waals surface area (Å²) in [4.78, 5) is 54.1. The van der Waals surface area contributed by atoms with E-state index < -0.39 is 46.1 Å². The van der Waals surface area contributed by atoms with E-state index in [9.17, 15) is 19.2 Å². The summed E-state index contributed by atoms with van der Waals surface area (Å²) >= 11 is 3.38. The number of rotatable bonds is 6. The fraction of sp³-hybridized carbons (Fsp3) is 0.522. The normalized spacial score (nSPS) is 20.1. The van der Waals surface area contributed by atoms with Crippen molar-refractivity contribution in [2.24, 2.45) is 21.7 Å². The van der Waals surface area contributed by atoms with Crippen molar-refractivity contribution < 1.29 is 38.1 Å². The molecule has 0 saturated heterocycles. The van der Waals surface area contributed by atoms with Gasteiger partial charge in [0.15, 0.2) is 0 Å². The first-order chi connectivity index (χ1) is 25.9. The fourth-order valence-corrected chi connectivity index (χ4v) is 9.05. The molecular weight excluding hydrogens is 745 g/mol. The van der Waals surface area contributed by atoms with E-state index in [-0.39, 0.29) is 23.9 Å². The van der Waals surface area contributed by atoms with Gasteiger partial charge in [0.2, 0.25) is 0 Å². The predicted octanol–water partition coefficient (Wildman–Crippen LogP) is 12.4. The topological polar surface area (TPSA) is 105 Å². The van der Waals surface area contributed by atoms with Crippen LogP contribution >= 0.6 is 22.7 Å². The minimum Gasteiger partial charge on any atom is -0.457 e. The molecule has 2 aromatic heterocycles. The van der Waals surface area contributed by atoms with E-state index in [2.05, 4.69) is 36.4 Å². The van der Waals surface area contributed by atoms with Crippen LogP contribution in [0.1, 0.15) is 155 Å². The molecule has 8 nitrogen and oxygen atoms in total. The molecule has 4 unspecified atom stereocenters. The summed E-state index contributed by atoms with van der Waals surface area (Å²) in [5.41, 5.74) is 2.92. The second-order valence-electron chi connectivity index (χ2n) is 19.4. The van der Waals surface area contributed by atoms with Gasteiger partial charge in [0.25, 0.3) is 0 Å². The number of esters is 4. The van der Waals surface area contributed by atoms with Gasteiger partial charge in [-0.1, -0.05) is 24.3 Å². The number of thiophene rings is 2. The largest absolute Gasteiger partial charge is 0.457 e. The number of benzene rings is 2. The highest BCUT2D eigenvalue weighted by molar-refractivity contribution is 7.31. The molecule has 2 aliphatic carbocycles. The van der Waals surface area contributed by atoms with Crippen LogP contribution < -0.4 is 0 Å². The zero-order valence-corrected chi connectivity index (χ0v) is 36.5. The lowest BCUT2D eigenvalue weighted by Gasteiger charge is -2.34. The number of hydrogen-bond acceptors (Lipinski definition) is 10. The van der Waals surface area contributed by atoms with Crippen molar-refractivity contribution in [2.75, 3.05) is 0 Å². The third-order valence-corrected chi connectivity index (χ3v) is 12.6. The van der Waals surface area contributed by atoms with Crippen molar-refractivity contribution in [1.82, 2.24) is 0 Å². The molecule has 0 N–H and O–H groups in total. The highest BCUT2D eigenvalue weighted by Crippen LogP contribution is 2.48. The third-order valence-electron chi connectivity index (χ3n) is 10.2. The summed E-state index contributed by atoms with van der Waals surface area (Å²) in [5, 5.41) is 0. The lowest BCUT2D eigenvalue weighted by Crippen LogP contribution is -2.30. The molecular formula is C46H56O8S2. The van der Waals surface area contributed by atoms with Gasteiger partial charge in [-0.25, -0.2) is 0 Å². The Kier molecular flexibility index (Phi) is 11.2. The van der Waals surface area contributed by atoms with Crippen molar-refractivity contribution in [3.05, 3.63) is 70.8 Å². The van der Waals surface area contributed by atoms with Crippen LogP contribution in [-0.2, 0) is 38.1 Å². The Balaban J connectivity index is 1.32. The SMILES string of the molecule is CC(C)(C)C(=O)OC1CCC(OC(=O)C(C)(C)C)c2cc(-c3cc4sc(-c5ccc6c(c5)C(OC(=O)C(C)(C)C)CCC6OC(=O)C(C)(C)C)cc4s3)ccc21. The van der Waals surface area contributed by atoms with Gasteiger partial charge in [-0.3, -0.25) is 19.2 Å². The molecule has 0 aliphatic heterocycles. The smallest absolute Gasteiger partial charge is 0.311 e. The van der Waals surface area contributed by atoms with Crippen molar-refractivity contribution in [2.45, 2.75) is 133 Å². The van der Waals surface area contributed by atoms with E-state index in [1.165, 1.54) is 0 Å². The molecule has 0 radical (unpaired) electrons. The van der Waals surface area contributed by atoms with Crippen LogP contribution in [0.15, 0.2) is 48.5 Å². The Hall–Kier alpha value is -4.02. The van der Waals surface area contributed by atoms with Crippen LogP contribution in [0, 0.1) is 21.7 Å².